The van der Waals surface area contributed by atoms with Gasteiger partial charge in [0.2, 0.25) is 0 Å². The number of methoxy groups -OCH3 is 1. The van der Waals surface area contributed by atoms with Crippen LogP contribution in [0.3, 0.4) is 0 Å². The minimum atomic E-state index is -0.278. The fourth-order valence-corrected chi connectivity index (χ4v) is 3.12. The SMILES string of the molecule is COC(=O)c1ccc2c(c1)CCOC2.OCc1ccc2c(c1)CCOC2. The van der Waals surface area contributed by atoms with Crippen molar-refractivity contribution in [3.05, 3.63) is 69.8 Å². The number of rotatable bonds is 2. The first-order valence-electron chi connectivity index (χ1n) is 8.78. The number of carbonyl (C=O) groups excluding carboxylic acids is 1. The molecule has 0 fully saturated rings. The molecule has 0 saturated carbocycles. The van der Waals surface area contributed by atoms with Crippen molar-refractivity contribution in [1.82, 2.24) is 0 Å². The molecule has 2 aromatic rings. The van der Waals surface area contributed by atoms with E-state index in [1.807, 2.05) is 24.3 Å². The van der Waals surface area contributed by atoms with Crippen LogP contribution in [0.15, 0.2) is 36.4 Å². The van der Waals surface area contributed by atoms with Gasteiger partial charge < -0.3 is 19.3 Å². The number of hydrogen-bond acceptors (Lipinski definition) is 5. The third-order valence-electron chi connectivity index (χ3n) is 4.63. The van der Waals surface area contributed by atoms with Gasteiger partial charge in [-0.05, 0) is 52.8 Å². The molecule has 5 heteroatoms. The number of fused-ring (bicyclic) bond motifs is 2. The van der Waals surface area contributed by atoms with Gasteiger partial charge in [0.05, 0.1) is 45.7 Å². The number of benzene rings is 2. The number of ether oxygens (including phenoxy) is 3. The Labute approximate surface area is 153 Å². The number of carbonyl (C=O) groups is 1. The Morgan fingerprint density at radius 2 is 1.58 bits per heavy atom. The zero-order chi connectivity index (χ0) is 18.4. The summed E-state index contributed by atoms with van der Waals surface area (Å²) in [5.74, 6) is -0.278. The van der Waals surface area contributed by atoms with E-state index in [9.17, 15) is 4.79 Å². The topological polar surface area (TPSA) is 65.0 Å². The molecular weight excluding hydrogens is 332 g/mol. The molecule has 2 aliphatic rings. The van der Waals surface area contributed by atoms with E-state index >= 15 is 0 Å². The summed E-state index contributed by atoms with van der Waals surface area (Å²) in [5.41, 5.74) is 6.57. The summed E-state index contributed by atoms with van der Waals surface area (Å²) in [6, 6.07) is 11.7. The van der Waals surface area contributed by atoms with Crippen LogP contribution in [0.4, 0.5) is 0 Å². The molecule has 5 nitrogen and oxygen atoms in total. The second kappa shape index (κ2) is 8.94. The molecule has 0 aliphatic carbocycles. The van der Waals surface area contributed by atoms with Gasteiger partial charge in [-0.2, -0.15) is 0 Å². The molecule has 0 atom stereocenters. The first-order valence-corrected chi connectivity index (χ1v) is 8.78. The molecule has 2 aliphatic heterocycles. The molecular formula is C21H24O5. The lowest BCUT2D eigenvalue weighted by Gasteiger charge is -2.16. The zero-order valence-corrected chi connectivity index (χ0v) is 15.0. The van der Waals surface area contributed by atoms with Crippen LogP contribution in [0.1, 0.15) is 38.2 Å². The van der Waals surface area contributed by atoms with Crippen LogP contribution in [0.25, 0.3) is 0 Å². The maximum absolute atomic E-state index is 11.2. The van der Waals surface area contributed by atoms with Crippen LogP contribution in [0, 0.1) is 0 Å². The molecule has 4 rings (SSSR count). The van der Waals surface area contributed by atoms with E-state index in [-0.39, 0.29) is 12.6 Å². The first-order chi connectivity index (χ1) is 12.7. The summed E-state index contributed by atoms with van der Waals surface area (Å²) in [6.07, 6.45) is 1.85. The number of aliphatic hydroxyl groups is 1. The molecule has 138 valence electrons. The molecule has 2 aromatic carbocycles. The van der Waals surface area contributed by atoms with E-state index in [1.165, 1.54) is 29.4 Å². The van der Waals surface area contributed by atoms with Gasteiger partial charge in [0.1, 0.15) is 0 Å². The van der Waals surface area contributed by atoms with Crippen molar-refractivity contribution in [2.45, 2.75) is 32.7 Å². The van der Waals surface area contributed by atoms with Gasteiger partial charge in [-0.25, -0.2) is 4.79 Å². The summed E-state index contributed by atoms with van der Waals surface area (Å²) in [6.45, 7) is 3.05. The van der Waals surface area contributed by atoms with Crippen LogP contribution in [0.2, 0.25) is 0 Å². The fourth-order valence-electron chi connectivity index (χ4n) is 3.12. The van der Waals surface area contributed by atoms with Crippen LogP contribution in [-0.2, 0) is 46.9 Å². The smallest absolute Gasteiger partial charge is 0.337 e. The molecule has 0 spiro atoms. The van der Waals surface area contributed by atoms with Gasteiger partial charge in [0.25, 0.3) is 0 Å². The molecule has 0 aromatic heterocycles. The van der Waals surface area contributed by atoms with Gasteiger partial charge in [0, 0.05) is 0 Å². The first kappa shape index (κ1) is 18.6. The highest BCUT2D eigenvalue weighted by Crippen LogP contribution is 2.19. The number of hydrogen-bond donors (Lipinski definition) is 1. The van der Waals surface area contributed by atoms with Crippen molar-refractivity contribution in [3.8, 4) is 0 Å². The van der Waals surface area contributed by atoms with Gasteiger partial charge >= 0.3 is 5.97 Å². The van der Waals surface area contributed by atoms with Gasteiger partial charge in [-0.1, -0.05) is 24.3 Å². The number of aliphatic hydroxyl groups excluding tert-OH is 1. The molecule has 0 saturated heterocycles. The second-order valence-corrected chi connectivity index (χ2v) is 6.34. The minimum absolute atomic E-state index is 0.133. The Hall–Kier alpha value is -2.21. The normalized spacial score (nSPS) is 15.2. The number of esters is 1. The Balaban J connectivity index is 0.000000152. The summed E-state index contributed by atoms with van der Waals surface area (Å²) in [4.78, 5) is 11.2. The summed E-state index contributed by atoms with van der Waals surface area (Å²) in [7, 11) is 1.39. The molecule has 0 unspecified atom stereocenters. The Morgan fingerprint density at radius 1 is 0.962 bits per heavy atom. The second-order valence-electron chi connectivity index (χ2n) is 6.34. The molecule has 0 radical (unpaired) electrons. The lowest BCUT2D eigenvalue weighted by molar-refractivity contribution is 0.0599. The Morgan fingerprint density at radius 3 is 2.19 bits per heavy atom. The van der Waals surface area contributed by atoms with Crippen molar-refractivity contribution in [2.75, 3.05) is 20.3 Å². The maximum Gasteiger partial charge on any atom is 0.337 e. The van der Waals surface area contributed by atoms with Crippen LogP contribution in [-0.4, -0.2) is 31.4 Å². The third kappa shape index (κ3) is 4.49. The zero-order valence-electron chi connectivity index (χ0n) is 15.0. The third-order valence-corrected chi connectivity index (χ3v) is 4.63. The van der Waals surface area contributed by atoms with E-state index in [1.54, 1.807) is 6.07 Å². The van der Waals surface area contributed by atoms with Crippen molar-refractivity contribution >= 4 is 5.97 Å². The van der Waals surface area contributed by atoms with Crippen molar-refractivity contribution in [2.24, 2.45) is 0 Å². The Bertz CT molecular complexity index is 769. The van der Waals surface area contributed by atoms with Crippen LogP contribution >= 0.6 is 0 Å². The molecule has 0 bridgehead atoms. The maximum atomic E-state index is 11.2. The van der Waals surface area contributed by atoms with Crippen molar-refractivity contribution < 1.29 is 24.1 Å². The fraction of sp³-hybridized carbons (Fsp3) is 0.381. The lowest BCUT2D eigenvalue weighted by Crippen LogP contribution is -2.11. The van der Waals surface area contributed by atoms with Gasteiger partial charge in [0.15, 0.2) is 0 Å². The highest BCUT2D eigenvalue weighted by molar-refractivity contribution is 5.89. The van der Waals surface area contributed by atoms with Gasteiger partial charge in [-0.15, -0.1) is 0 Å². The largest absolute Gasteiger partial charge is 0.465 e. The van der Waals surface area contributed by atoms with E-state index in [4.69, 9.17) is 14.6 Å². The summed E-state index contributed by atoms with van der Waals surface area (Å²) in [5, 5.41) is 8.91. The molecule has 2 heterocycles. The summed E-state index contributed by atoms with van der Waals surface area (Å²) < 4.78 is 15.3. The van der Waals surface area contributed by atoms with Crippen LogP contribution < -0.4 is 0 Å². The van der Waals surface area contributed by atoms with Crippen LogP contribution in [0.5, 0.6) is 0 Å². The monoisotopic (exact) mass is 356 g/mol. The Kier molecular flexibility index (Phi) is 6.39. The quantitative estimate of drug-likeness (QED) is 0.839. The van der Waals surface area contributed by atoms with E-state index in [0.29, 0.717) is 12.2 Å². The summed E-state index contributed by atoms with van der Waals surface area (Å²) >= 11 is 0. The molecule has 26 heavy (non-hydrogen) atoms. The standard InChI is InChI=1S/C11H12O3.C10H12O2/c1-13-11(12)9-2-3-10-7-14-5-4-8(10)6-9;11-6-8-1-2-10-7-12-4-3-9(10)5-8/h2-3,6H,4-5,7H2,1H3;1-2,5,11H,3-4,6-7H2. The van der Waals surface area contributed by atoms with E-state index in [0.717, 1.165) is 38.2 Å². The van der Waals surface area contributed by atoms with E-state index in [2.05, 4.69) is 10.8 Å². The lowest BCUT2D eigenvalue weighted by atomic mass is 10.0. The van der Waals surface area contributed by atoms with Gasteiger partial charge in [-0.3, -0.25) is 0 Å². The molecule has 0 amide bonds. The highest BCUT2D eigenvalue weighted by Gasteiger charge is 2.13. The molecule has 1 N–H and O–H groups in total. The highest BCUT2D eigenvalue weighted by atomic mass is 16.5. The van der Waals surface area contributed by atoms with Crippen molar-refractivity contribution in [1.29, 1.82) is 0 Å². The van der Waals surface area contributed by atoms with E-state index < -0.39 is 0 Å². The average molecular weight is 356 g/mol. The van der Waals surface area contributed by atoms with Crippen molar-refractivity contribution in [3.63, 3.8) is 0 Å². The minimum Gasteiger partial charge on any atom is -0.465 e. The average Bonchev–Trinajstić information content (AvgIpc) is 2.72. The predicted octanol–water partition coefficient (Wildman–Crippen LogP) is 2.80. The predicted molar refractivity (Wildman–Crippen MR) is 96.9 cm³/mol.